The fourth-order valence-electron chi connectivity index (χ4n) is 1.50. The van der Waals surface area contributed by atoms with Gasteiger partial charge in [0.1, 0.15) is 5.75 Å². The third-order valence-corrected chi connectivity index (χ3v) is 3.07. The van der Waals surface area contributed by atoms with Crippen molar-refractivity contribution < 1.29 is 9.53 Å². The first kappa shape index (κ1) is 12.4. The number of hydrogen-bond donors (Lipinski definition) is 2. The molecule has 2 aromatic rings. The minimum Gasteiger partial charge on any atom is -0.496 e. The van der Waals surface area contributed by atoms with Gasteiger partial charge in [0.25, 0.3) is 5.91 Å². The SMILES string of the molecule is COc1ccccc1C(=O)NCc1csc(N)n1. The van der Waals surface area contributed by atoms with Crippen LogP contribution in [0.2, 0.25) is 0 Å². The van der Waals surface area contributed by atoms with Gasteiger partial charge >= 0.3 is 0 Å². The van der Waals surface area contributed by atoms with Crippen molar-refractivity contribution >= 4 is 22.4 Å². The summed E-state index contributed by atoms with van der Waals surface area (Å²) in [5.41, 5.74) is 6.77. The van der Waals surface area contributed by atoms with Gasteiger partial charge in [0.05, 0.1) is 24.9 Å². The normalized spacial score (nSPS) is 10.1. The van der Waals surface area contributed by atoms with E-state index in [-0.39, 0.29) is 5.91 Å². The van der Waals surface area contributed by atoms with E-state index in [2.05, 4.69) is 10.3 Å². The topological polar surface area (TPSA) is 77.2 Å². The fourth-order valence-corrected chi connectivity index (χ4v) is 2.06. The van der Waals surface area contributed by atoms with E-state index in [1.807, 2.05) is 11.4 Å². The molecule has 0 saturated heterocycles. The molecule has 0 fully saturated rings. The van der Waals surface area contributed by atoms with Crippen molar-refractivity contribution in [2.24, 2.45) is 0 Å². The number of hydrogen-bond acceptors (Lipinski definition) is 5. The predicted octanol–water partition coefficient (Wildman–Crippen LogP) is 1.66. The van der Waals surface area contributed by atoms with Crippen molar-refractivity contribution in [2.45, 2.75) is 6.54 Å². The second-order valence-electron chi connectivity index (χ2n) is 3.56. The quantitative estimate of drug-likeness (QED) is 0.879. The highest BCUT2D eigenvalue weighted by molar-refractivity contribution is 7.13. The number of nitrogens with one attached hydrogen (secondary N) is 1. The lowest BCUT2D eigenvalue weighted by molar-refractivity contribution is 0.0947. The molecule has 0 aliphatic heterocycles. The molecule has 3 N–H and O–H groups in total. The van der Waals surface area contributed by atoms with Gasteiger partial charge in [-0.1, -0.05) is 12.1 Å². The van der Waals surface area contributed by atoms with Crippen LogP contribution < -0.4 is 15.8 Å². The summed E-state index contributed by atoms with van der Waals surface area (Å²) in [7, 11) is 1.53. The van der Waals surface area contributed by atoms with Gasteiger partial charge in [-0.3, -0.25) is 4.79 Å². The molecule has 0 bridgehead atoms. The van der Waals surface area contributed by atoms with Gasteiger partial charge in [-0.2, -0.15) is 0 Å². The van der Waals surface area contributed by atoms with Gasteiger partial charge in [0.15, 0.2) is 5.13 Å². The Kier molecular flexibility index (Phi) is 3.78. The summed E-state index contributed by atoms with van der Waals surface area (Å²) in [6, 6.07) is 7.06. The molecule has 1 heterocycles. The molecule has 0 atom stereocenters. The molecular formula is C12H13N3O2S. The summed E-state index contributed by atoms with van der Waals surface area (Å²) in [6.45, 7) is 0.352. The standard InChI is InChI=1S/C12H13N3O2S/c1-17-10-5-3-2-4-9(10)11(16)14-6-8-7-18-12(13)15-8/h2-5,7H,6H2,1H3,(H2,13,15)(H,14,16). The molecule has 0 radical (unpaired) electrons. The number of nitrogen functional groups attached to an aromatic ring is 1. The molecule has 1 amide bonds. The number of ether oxygens (including phenoxy) is 1. The number of thiazole rings is 1. The summed E-state index contributed by atoms with van der Waals surface area (Å²) < 4.78 is 5.13. The van der Waals surface area contributed by atoms with Gasteiger partial charge in [-0.25, -0.2) is 4.98 Å². The molecule has 0 saturated carbocycles. The number of nitrogens with zero attached hydrogens (tertiary/aromatic N) is 1. The number of benzene rings is 1. The van der Waals surface area contributed by atoms with Crippen LogP contribution in [0.1, 0.15) is 16.1 Å². The van der Waals surface area contributed by atoms with Crippen LogP contribution in [-0.4, -0.2) is 18.0 Å². The molecule has 1 aromatic carbocycles. The van der Waals surface area contributed by atoms with Gasteiger partial charge in [0, 0.05) is 5.38 Å². The van der Waals surface area contributed by atoms with Crippen molar-refractivity contribution in [3.8, 4) is 5.75 Å². The first-order valence-electron chi connectivity index (χ1n) is 5.32. The number of anilines is 1. The number of carbonyl (C=O) groups is 1. The maximum absolute atomic E-state index is 12.0. The summed E-state index contributed by atoms with van der Waals surface area (Å²) >= 11 is 1.35. The van der Waals surface area contributed by atoms with Gasteiger partial charge in [0.2, 0.25) is 0 Å². The molecule has 1 aromatic heterocycles. The highest BCUT2D eigenvalue weighted by Gasteiger charge is 2.11. The molecule has 0 spiro atoms. The monoisotopic (exact) mass is 263 g/mol. The van der Waals surface area contributed by atoms with Gasteiger partial charge in [-0.05, 0) is 12.1 Å². The van der Waals surface area contributed by atoms with Crippen molar-refractivity contribution in [2.75, 3.05) is 12.8 Å². The fraction of sp³-hybridized carbons (Fsp3) is 0.167. The maximum atomic E-state index is 12.0. The zero-order valence-electron chi connectivity index (χ0n) is 9.84. The Labute approximate surface area is 109 Å². The average molecular weight is 263 g/mol. The lowest BCUT2D eigenvalue weighted by Gasteiger charge is -2.07. The van der Waals surface area contributed by atoms with Crippen LogP contribution in [0.4, 0.5) is 5.13 Å². The Bertz CT molecular complexity index is 554. The third-order valence-electron chi connectivity index (χ3n) is 2.35. The second kappa shape index (κ2) is 5.50. The van der Waals surface area contributed by atoms with Gasteiger partial charge < -0.3 is 15.8 Å². The number of rotatable bonds is 4. The maximum Gasteiger partial charge on any atom is 0.255 e. The number of para-hydroxylation sites is 1. The smallest absolute Gasteiger partial charge is 0.255 e. The largest absolute Gasteiger partial charge is 0.496 e. The average Bonchev–Trinajstić information content (AvgIpc) is 2.81. The van der Waals surface area contributed by atoms with Crippen molar-refractivity contribution in [3.63, 3.8) is 0 Å². The molecule has 6 heteroatoms. The highest BCUT2D eigenvalue weighted by Crippen LogP contribution is 2.17. The number of methoxy groups -OCH3 is 1. The Balaban J connectivity index is 2.03. The molecule has 0 unspecified atom stereocenters. The molecular weight excluding hydrogens is 250 g/mol. The van der Waals surface area contributed by atoms with Crippen LogP contribution in [0.25, 0.3) is 0 Å². The van der Waals surface area contributed by atoms with E-state index >= 15 is 0 Å². The highest BCUT2D eigenvalue weighted by atomic mass is 32.1. The first-order valence-corrected chi connectivity index (χ1v) is 6.19. The van der Waals surface area contributed by atoms with Gasteiger partial charge in [-0.15, -0.1) is 11.3 Å². The van der Waals surface area contributed by atoms with Crippen LogP contribution in [0.3, 0.4) is 0 Å². The Hall–Kier alpha value is -2.08. The van der Waals surface area contributed by atoms with E-state index < -0.39 is 0 Å². The van der Waals surface area contributed by atoms with E-state index in [1.165, 1.54) is 18.4 Å². The van der Waals surface area contributed by atoms with E-state index in [1.54, 1.807) is 18.2 Å². The zero-order chi connectivity index (χ0) is 13.0. The summed E-state index contributed by atoms with van der Waals surface area (Å²) in [4.78, 5) is 16.0. The molecule has 2 rings (SSSR count). The molecule has 0 aliphatic carbocycles. The van der Waals surface area contributed by atoms with Crippen LogP contribution in [-0.2, 0) is 6.54 Å². The van der Waals surface area contributed by atoms with Crippen molar-refractivity contribution in [1.82, 2.24) is 10.3 Å². The third kappa shape index (κ3) is 2.78. The minimum absolute atomic E-state index is 0.195. The van der Waals surface area contributed by atoms with Crippen molar-refractivity contribution in [1.29, 1.82) is 0 Å². The van der Waals surface area contributed by atoms with E-state index in [4.69, 9.17) is 10.5 Å². The van der Waals surface area contributed by atoms with E-state index in [0.29, 0.717) is 23.0 Å². The summed E-state index contributed by atoms with van der Waals surface area (Å²) in [6.07, 6.45) is 0. The molecule has 0 aliphatic rings. The zero-order valence-corrected chi connectivity index (χ0v) is 10.7. The van der Waals surface area contributed by atoms with Crippen LogP contribution in [0, 0.1) is 0 Å². The second-order valence-corrected chi connectivity index (χ2v) is 4.45. The van der Waals surface area contributed by atoms with Crippen LogP contribution in [0.5, 0.6) is 5.75 Å². The first-order chi connectivity index (χ1) is 8.70. The Morgan fingerprint density at radius 3 is 2.94 bits per heavy atom. The van der Waals surface area contributed by atoms with E-state index in [0.717, 1.165) is 5.69 Å². The number of amides is 1. The number of aromatic nitrogens is 1. The summed E-state index contributed by atoms with van der Waals surface area (Å²) in [5, 5.41) is 5.09. The molecule has 18 heavy (non-hydrogen) atoms. The predicted molar refractivity (Wildman–Crippen MR) is 70.7 cm³/mol. The van der Waals surface area contributed by atoms with Crippen molar-refractivity contribution in [3.05, 3.63) is 40.9 Å². The minimum atomic E-state index is -0.195. The number of nitrogens with two attached hydrogens (primary N) is 1. The van der Waals surface area contributed by atoms with Crippen LogP contribution >= 0.6 is 11.3 Å². The lowest BCUT2D eigenvalue weighted by Crippen LogP contribution is -2.23. The molecule has 94 valence electrons. The van der Waals surface area contributed by atoms with E-state index in [9.17, 15) is 4.79 Å². The van der Waals surface area contributed by atoms with Crippen LogP contribution in [0.15, 0.2) is 29.6 Å². The number of carbonyl (C=O) groups excluding carboxylic acids is 1. The Morgan fingerprint density at radius 2 is 2.28 bits per heavy atom. The lowest BCUT2D eigenvalue weighted by atomic mass is 10.2. The molecule has 5 nitrogen and oxygen atoms in total. The Morgan fingerprint density at radius 1 is 1.50 bits per heavy atom. The summed E-state index contributed by atoms with van der Waals surface area (Å²) in [5.74, 6) is 0.354.